The summed E-state index contributed by atoms with van der Waals surface area (Å²) in [5, 5.41) is 14.0. The predicted octanol–water partition coefficient (Wildman–Crippen LogP) is 0.818. The minimum Gasteiger partial charge on any atom is -0.409 e. The second kappa shape index (κ2) is 4.51. The number of hydrogen-bond donors (Lipinski definition) is 3. The zero-order valence-corrected chi connectivity index (χ0v) is 9.29. The third-order valence-corrected chi connectivity index (χ3v) is 3.06. The Bertz CT molecular complexity index is 274. The molecular formula is C10H19N3O2. The molecule has 1 amide bonds. The van der Waals surface area contributed by atoms with Crippen LogP contribution in [0.2, 0.25) is 0 Å². The minimum atomic E-state index is -0.176. The first-order valence-corrected chi connectivity index (χ1v) is 5.21. The summed E-state index contributed by atoms with van der Waals surface area (Å²) in [4.78, 5) is 11.5. The van der Waals surface area contributed by atoms with E-state index in [-0.39, 0.29) is 29.6 Å². The molecule has 0 aromatic heterocycles. The maximum absolute atomic E-state index is 11.5. The molecule has 4 N–H and O–H groups in total. The van der Waals surface area contributed by atoms with E-state index in [1.165, 1.54) is 0 Å². The number of amides is 1. The van der Waals surface area contributed by atoms with Crippen LogP contribution in [0.5, 0.6) is 0 Å². The highest BCUT2D eigenvalue weighted by atomic mass is 16.4. The maximum atomic E-state index is 11.5. The summed E-state index contributed by atoms with van der Waals surface area (Å²) in [5.74, 6) is -0.228. The molecule has 1 unspecified atom stereocenters. The van der Waals surface area contributed by atoms with E-state index in [9.17, 15) is 4.79 Å². The standard InChI is InChI=1S/C10H19N3O2/c1-10(2)5-3-4-7(10)12-9(14)6-8(11)13-15/h7,15H,3-6H2,1-2H3,(H2,11,13)(H,12,14). The summed E-state index contributed by atoms with van der Waals surface area (Å²) in [7, 11) is 0. The van der Waals surface area contributed by atoms with Gasteiger partial charge in [0.15, 0.2) is 0 Å². The van der Waals surface area contributed by atoms with Crippen LogP contribution in [0.15, 0.2) is 5.16 Å². The van der Waals surface area contributed by atoms with Gasteiger partial charge in [-0.2, -0.15) is 0 Å². The van der Waals surface area contributed by atoms with Crippen LogP contribution < -0.4 is 11.1 Å². The van der Waals surface area contributed by atoms with Gasteiger partial charge in [-0.15, -0.1) is 0 Å². The van der Waals surface area contributed by atoms with Crippen LogP contribution in [-0.2, 0) is 4.79 Å². The van der Waals surface area contributed by atoms with Crippen LogP contribution in [0.4, 0.5) is 0 Å². The van der Waals surface area contributed by atoms with Crippen LogP contribution in [0, 0.1) is 5.41 Å². The number of oxime groups is 1. The molecule has 5 nitrogen and oxygen atoms in total. The van der Waals surface area contributed by atoms with Gasteiger partial charge in [-0.25, -0.2) is 0 Å². The van der Waals surface area contributed by atoms with Crippen molar-refractivity contribution < 1.29 is 10.0 Å². The Hall–Kier alpha value is -1.26. The van der Waals surface area contributed by atoms with Crippen LogP contribution in [0.1, 0.15) is 39.5 Å². The lowest BCUT2D eigenvalue weighted by molar-refractivity contribution is -0.121. The van der Waals surface area contributed by atoms with Crippen LogP contribution in [0.25, 0.3) is 0 Å². The zero-order chi connectivity index (χ0) is 11.5. The maximum Gasteiger partial charge on any atom is 0.227 e. The van der Waals surface area contributed by atoms with Crippen molar-refractivity contribution in [3.05, 3.63) is 0 Å². The van der Waals surface area contributed by atoms with Crippen molar-refractivity contribution >= 4 is 11.7 Å². The first-order valence-electron chi connectivity index (χ1n) is 5.21. The van der Waals surface area contributed by atoms with E-state index < -0.39 is 0 Å². The largest absolute Gasteiger partial charge is 0.409 e. The van der Waals surface area contributed by atoms with E-state index in [0.29, 0.717) is 0 Å². The van der Waals surface area contributed by atoms with Gasteiger partial charge in [-0.05, 0) is 18.3 Å². The smallest absolute Gasteiger partial charge is 0.227 e. The molecule has 0 saturated heterocycles. The number of hydrogen-bond acceptors (Lipinski definition) is 3. The van der Waals surface area contributed by atoms with E-state index in [4.69, 9.17) is 10.9 Å². The first-order chi connectivity index (χ1) is 6.95. The second-order valence-corrected chi connectivity index (χ2v) is 4.77. The quantitative estimate of drug-likeness (QED) is 0.281. The highest BCUT2D eigenvalue weighted by Crippen LogP contribution is 2.37. The van der Waals surface area contributed by atoms with E-state index >= 15 is 0 Å². The molecular weight excluding hydrogens is 194 g/mol. The molecule has 0 aromatic rings. The van der Waals surface area contributed by atoms with E-state index in [0.717, 1.165) is 19.3 Å². The molecule has 1 atom stereocenters. The summed E-state index contributed by atoms with van der Waals surface area (Å²) in [6.07, 6.45) is 3.24. The van der Waals surface area contributed by atoms with Gasteiger partial charge in [0.2, 0.25) is 5.91 Å². The Balaban J connectivity index is 2.45. The monoisotopic (exact) mass is 213 g/mol. The van der Waals surface area contributed by atoms with E-state index in [1.54, 1.807) is 0 Å². The van der Waals surface area contributed by atoms with Crippen molar-refractivity contribution in [2.24, 2.45) is 16.3 Å². The van der Waals surface area contributed by atoms with Gasteiger partial charge in [0.05, 0.1) is 6.42 Å². The topological polar surface area (TPSA) is 87.7 Å². The lowest BCUT2D eigenvalue weighted by Crippen LogP contribution is -2.42. The third-order valence-electron chi connectivity index (χ3n) is 3.06. The third kappa shape index (κ3) is 3.11. The molecule has 0 heterocycles. The van der Waals surface area contributed by atoms with Crippen molar-refractivity contribution in [3.8, 4) is 0 Å². The number of carbonyl (C=O) groups excluding carboxylic acids is 1. The number of amidine groups is 1. The Morgan fingerprint density at radius 1 is 1.67 bits per heavy atom. The number of carbonyl (C=O) groups is 1. The molecule has 1 fully saturated rings. The molecule has 0 aromatic carbocycles. The summed E-state index contributed by atoms with van der Waals surface area (Å²) in [5.41, 5.74) is 5.41. The molecule has 0 bridgehead atoms. The van der Waals surface area contributed by atoms with Gasteiger partial charge < -0.3 is 16.3 Å². The fourth-order valence-corrected chi connectivity index (χ4v) is 2.04. The SMILES string of the molecule is CC1(C)CCCC1NC(=O)CC(N)=NO. The highest BCUT2D eigenvalue weighted by Gasteiger charge is 2.35. The molecule has 0 radical (unpaired) electrons. The number of nitrogens with zero attached hydrogens (tertiary/aromatic N) is 1. The van der Waals surface area contributed by atoms with Crippen LogP contribution in [-0.4, -0.2) is 23.0 Å². The second-order valence-electron chi connectivity index (χ2n) is 4.77. The average molecular weight is 213 g/mol. The Kier molecular flexibility index (Phi) is 3.55. The van der Waals surface area contributed by atoms with Gasteiger partial charge in [-0.3, -0.25) is 4.79 Å². The zero-order valence-electron chi connectivity index (χ0n) is 9.29. The fraction of sp³-hybridized carbons (Fsp3) is 0.800. The normalized spacial score (nSPS) is 25.2. The van der Waals surface area contributed by atoms with Crippen LogP contribution in [0.3, 0.4) is 0 Å². The molecule has 86 valence electrons. The average Bonchev–Trinajstić information content (AvgIpc) is 2.45. The lowest BCUT2D eigenvalue weighted by Gasteiger charge is -2.27. The van der Waals surface area contributed by atoms with Crippen molar-refractivity contribution in [2.45, 2.75) is 45.6 Å². The Morgan fingerprint density at radius 3 is 2.80 bits per heavy atom. The molecule has 5 heteroatoms. The van der Waals surface area contributed by atoms with Crippen molar-refractivity contribution in [3.63, 3.8) is 0 Å². The number of rotatable bonds is 3. The summed E-state index contributed by atoms with van der Waals surface area (Å²) >= 11 is 0. The first kappa shape index (κ1) is 11.8. The predicted molar refractivity (Wildman–Crippen MR) is 57.6 cm³/mol. The molecule has 1 aliphatic rings. The number of nitrogens with one attached hydrogen (secondary N) is 1. The Morgan fingerprint density at radius 2 is 2.33 bits per heavy atom. The molecule has 15 heavy (non-hydrogen) atoms. The molecule has 1 saturated carbocycles. The Labute approximate surface area is 89.7 Å². The minimum absolute atomic E-state index is 0.0386. The summed E-state index contributed by atoms with van der Waals surface area (Å²) < 4.78 is 0. The van der Waals surface area contributed by atoms with E-state index in [2.05, 4.69) is 24.3 Å². The van der Waals surface area contributed by atoms with Crippen LogP contribution >= 0.6 is 0 Å². The highest BCUT2D eigenvalue weighted by molar-refractivity contribution is 5.98. The van der Waals surface area contributed by atoms with Crippen molar-refractivity contribution in [2.75, 3.05) is 0 Å². The summed E-state index contributed by atoms with van der Waals surface area (Å²) in [6.45, 7) is 4.29. The molecule has 0 spiro atoms. The lowest BCUT2D eigenvalue weighted by atomic mass is 9.87. The van der Waals surface area contributed by atoms with Gasteiger partial charge in [0, 0.05) is 6.04 Å². The molecule has 0 aliphatic heterocycles. The molecule has 1 rings (SSSR count). The van der Waals surface area contributed by atoms with Gasteiger partial charge in [0.25, 0.3) is 0 Å². The fourth-order valence-electron chi connectivity index (χ4n) is 2.04. The van der Waals surface area contributed by atoms with Gasteiger partial charge in [0.1, 0.15) is 5.84 Å². The van der Waals surface area contributed by atoms with E-state index in [1.807, 2.05) is 0 Å². The van der Waals surface area contributed by atoms with Gasteiger partial charge >= 0.3 is 0 Å². The number of nitrogens with two attached hydrogens (primary N) is 1. The summed E-state index contributed by atoms with van der Waals surface area (Å²) in [6, 6.07) is 0.205. The van der Waals surface area contributed by atoms with Crippen molar-refractivity contribution in [1.29, 1.82) is 0 Å². The van der Waals surface area contributed by atoms with Crippen molar-refractivity contribution in [1.82, 2.24) is 5.32 Å². The van der Waals surface area contributed by atoms with Gasteiger partial charge in [-0.1, -0.05) is 25.4 Å². The molecule has 1 aliphatic carbocycles.